The predicted octanol–water partition coefficient (Wildman–Crippen LogP) is 3.51. The summed E-state index contributed by atoms with van der Waals surface area (Å²) in [7, 11) is 0. The van der Waals surface area contributed by atoms with Gasteiger partial charge in [0.15, 0.2) is 0 Å². The smallest absolute Gasteiger partial charge is 0.133 e. The van der Waals surface area contributed by atoms with Gasteiger partial charge in [0.2, 0.25) is 0 Å². The molecule has 1 aliphatic rings. The van der Waals surface area contributed by atoms with Crippen molar-refractivity contribution in [2.75, 3.05) is 31.2 Å². The van der Waals surface area contributed by atoms with Gasteiger partial charge in [-0.15, -0.1) is 6.07 Å². The third kappa shape index (κ3) is 3.71. The van der Waals surface area contributed by atoms with Crippen molar-refractivity contribution in [3.05, 3.63) is 60.4 Å². The molecule has 1 saturated heterocycles. The van der Waals surface area contributed by atoms with E-state index in [2.05, 4.69) is 46.4 Å². The molecule has 1 aromatic carbocycles. The number of ether oxygens (including phenoxy) is 1. The second-order valence-corrected chi connectivity index (χ2v) is 5.77. The fourth-order valence-electron chi connectivity index (χ4n) is 2.94. The fourth-order valence-corrected chi connectivity index (χ4v) is 2.94. The number of anilines is 1. The maximum atomic E-state index is 9.18. The van der Waals surface area contributed by atoms with Crippen LogP contribution in [0.25, 0.3) is 22.6 Å². The van der Waals surface area contributed by atoms with Crippen molar-refractivity contribution in [2.24, 2.45) is 0 Å². The minimum absolute atomic E-state index is 0. The molecule has 1 aliphatic heterocycles. The topological polar surface area (TPSA) is 62.3 Å². The summed E-state index contributed by atoms with van der Waals surface area (Å²) in [4.78, 5) is 6.17. The molecular weight excluding hydrogens is 500 g/mol. The van der Waals surface area contributed by atoms with Gasteiger partial charge in [0.05, 0.1) is 19.0 Å². The van der Waals surface area contributed by atoms with Crippen LogP contribution in [-0.4, -0.2) is 31.3 Å². The van der Waals surface area contributed by atoms with E-state index in [0.717, 1.165) is 37.6 Å². The number of nitrogens with zero attached hydrogens (tertiary/aromatic N) is 3. The van der Waals surface area contributed by atoms with E-state index in [9.17, 15) is 5.26 Å². The Hall–Kier alpha value is -2.44. The molecule has 6 heteroatoms. The van der Waals surface area contributed by atoms with Crippen molar-refractivity contribution in [3.63, 3.8) is 0 Å². The van der Waals surface area contributed by atoms with Gasteiger partial charge in [0.25, 0.3) is 0 Å². The van der Waals surface area contributed by atoms with E-state index < -0.39 is 0 Å². The van der Waals surface area contributed by atoms with Gasteiger partial charge in [0.1, 0.15) is 5.76 Å². The van der Waals surface area contributed by atoms with Crippen molar-refractivity contribution in [1.29, 1.82) is 5.26 Å². The van der Waals surface area contributed by atoms with E-state index in [1.807, 2.05) is 12.1 Å². The van der Waals surface area contributed by atoms with Gasteiger partial charge in [-0.3, -0.25) is 5.26 Å². The van der Waals surface area contributed by atoms with Crippen molar-refractivity contribution >= 4 is 5.69 Å². The number of nitriles is 1. The molecule has 0 aliphatic carbocycles. The van der Waals surface area contributed by atoms with Crippen LogP contribution in [0, 0.1) is 17.5 Å². The summed E-state index contributed by atoms with van der Waals surface area (Å²) in [5, 5.41) is 9.18. The first-order valence-electron chi connectivity index (χ1n) is 8.15. The molecule has 131 valence electrons. The third-order valence-electron chi connectivity index (χ3n) is 4.27. The minimum atomic E-state index is 0. The number of hydrogen-bond acceptors (Lipinski definition) is 5. The number of rotatable bonds is 3. The first kappa shape index (κ1) is 18.4. The summed E-state index contributed by atoms with van der Waals surface area (Å²) in [6, 6.07) is 16.0. The Morgan fingerprint density at radius 3 is 2.46 bits per heavy atom. The summed E-state index contributed by atoms with van der Waals surface area (Å²) in [6.45, 7) is 3.38. The van der Waals surface area contributed by atoms with Crippen LogP contribution in [0.4, 0.5) is 5.69 Å². The van der Waals surface area contributed by atoms with E-state index in [1.165, 1.54) is 5.69 Å². The van der Waals surface area contributed by atoms with E-state index in [0.29, 0.717) is 16.9 Å². The molecule has 0 amide bonds. The molecule has 0 unspecified atom stereocenters. The SMILES string of the molecule is N#Cc1[c-]nccc1-c1ccc(-c2ccc(N3CCOCC3)cc2)o1.[Re]. The molecule has 0 bridgehead atoms. The van der Waals surface area contributed by atoms with Crippen molar-refractivity contribution in [1.82, 2.24) is 4.98 Å². The molecule has 3 heterocycles. The normalized spacial score (nSPS) is 13.7. The van der Waals surface area contributed by atoms with E-state index in [4.69, 9.17) is 9.15 Å². The Kier molecular flexibility index (Phi) is 5.86. The summed E-state index contributed by atoms with van der Waals surface area (Å²) < 4.78 is 11.3. The molecule has 26 heavy (non-hydrogen) atoms. The van der Waals surface area contributed by atoms with Crippen molar-refractivity contribution in [2.45, 2.75) is 0 Å². The molecule has 0 spiro atoms. The Morgan fingerprint density at radius 2 is 1.73 bits per heavy atom. The summed E-state index contributed by atoms with van der Waals surface area (Å²) in [5.41, 5.74) is 3.27. The Morgan fingerprint density at radius 1 is 1.00 bits per heavy atom. The van der Waals surface area contributed by atoms with E-state index in [1.54, 1.807) is 12.3 Å². The van der Waals surface area contributed by atoms with Crippen LogP contribution in [0.2, 0.25) is 0 Å². The molecular formula is C20H16N3O2Re-. The molecule has 3 aromatic rings. The monoisotopic (exact) mass is 517 g/mol. The molecule has 0 atom stereocenters. The van der Waals surface area contributed by atoms with Gasteiger partial charge in [-0.25, -0.2) is 0 Å². The number of pyridine rings is 1. The maximum absolute atomic E-state index is 9.18. The third-order valence-corrected chi connectivity index (χ3v) is 4.27. The van der Waals surface area contributed by atoms with Crippen LogP contribution in [0.5, 0.6) is 0 Å². The van der Waals surface area contributed by atoms with E-state index in [-0.39, 0.29) is 20.4 Å². The fraction of sp³-hybridized carbons (Fsp3) is 0.200. The predicted molar refractivity (Wildman–Crippen MR) is 94.0 cm³/mol. The van der Waals surface area contributed by atoms with Gasteiger partial charge in [-0.05, 0) is 48.7 Å². The standard InChI is InChI=1S/C20H16N3O2.Re/c21-13-16-14-22-8-7-18(16)20-6-5-19(25-20)15-1-3-17(4-2-15)23-9-11-24-12-10-23;/h1-8H,9-12H2;/q-1;. The Labute approximate surface area is 165 Å². The van der Waals surface area contributed by atoms with Gasteiger partial charge in [-0.1, -0.05) is 17.3 Å². The van der Waals surface area contributed by atoms with Gasteiger partial charge in [0, 0.05) is 44.8 Å². The number of furan rings is 1. The van der Waals surface area contributed by atoms with Crippen LogP contribution < -0.4 is 4.90 Å². The van der Waals surface area contributed by atoms with Crippen LogP contribution in [0.3, 0.4) is 0 Å². The zero-order chi connectivity index (χ0) is 17.1. The van der Waals surface area contributed by atoms with Crippen LogP contribution in [0.15, 0.2) is 53.1 Å². The second kappa shape index (κ2) is 8.29. The van der Waals surface area contributed by atoms with Crippen LogP contribution >= 0.6 is 0 Å². The average molecular weight is 517 g/mol. The maximum Gasteiger partial charge on any atom is 0.133 e. The molecule has 4 rings (SSSR count). The zero-order valence-electron chi connectivity index (χ0n) is 14.0. The van der Waals surface area contributed by atoms with Crippen molar-refractivity contribution in [3.8, 4) is 28.7 Å². The van der Waals surface area contributed by atoms with E-state index >= 15 is 0 Å². The van der Waals surface area contributed by atoms with Crippen molar-refractivity contribution < 1.29 is 29.6 Å². The molecule has 0 N–H and O–H groups in total. The quantitative estimate of drug-likeness (QED) is 0.499. The summed E-state index contributed by atoms with van der Waals surface area (Å²) in [6.07, 6.45) is 4.30. The first-order valence-corrected chi connectivity index (χ1v) is 8.15. The summed E-state index contributed by atoms with van der Waals surface area (Å²) >= 11 is 0. The largest absolute Gasteiger partial charge is 0.466 e. The van der Waals surface area contributed by atoms with Gasteiger partial charge in [-0.2, -0.15) is 0 Å². The molecule has 1 fully saturated rings. The zero-order valence-corrected chi connectivity index (χ0v) is 16.7. The molecule has 5 nitrogen and oxygen atoms in total. The first-order chi connectivity index (χ1) is 12.3. The Balaban J connectivity index is 0.00000196. The number of benzene rings is 1. The van der Waals surface area contributed by atoms with Crippen LogP contribution in [0.1, 0.15) is 5.56 Å². The molecule has 2 aromatic heterocycles. The molecule has 1 radical (unpaired) electrons. The van der Waals surface area contributed by atoms with Crippen LogP contribution in [-0.2, 0) is 25.2 Å². The molecule has 0 saturated carbocycles. The van der Waals surface area contributed by atoms with Gasteiger partial charge >= 0.3 is 0 Å². The number of hydrogen-bond donors (Lipinski definition) is 0. The Bertz CT molecular complexity index is 909. The number of aromatic nitrogens is 1. The number of morpholine rings is 1. The summed E-state index contributed by atoms with van der Waals surface area (Å²) in [5.74, 6) is 1.41. The second-order valence-electron chi connectivity index (χ2n) is 5.77. The average Bonchev–Trinajstić information content (AvgIpc) is 3.19. The minimum Gasteiger partial charge on any atom is -0.466 e. The van der Waals surface area contributed by atoms with Gasteiger partial charge < -0.3 is 19.0 Å².